The van der Waals surface area contributed by atoms with Crippen LogP contribution in [0.3, 0.4) is 0 Å². The van der Waals surface area contributed by atoms with Crippen molar-refractivity contribution in [2.24, 2.45) is 5.41 Å². The maximum Gasteiger partial charge on any atom is 0.256 e. The summed E-state index contributed by atoms with van der Waals surface area (Å²) in [6.45, 7) is 4.82. The summed E-state index contributed by atoms with van der Waals surface area (Å²) in [6, 6.07) is 1.56. The summed E-state index contributed by atoms with van der Waals surface area (Å²) in [7, 11) is 0. The average molecular weight is 309 g/mol. The van der Waals surface area contributed by atoms with Gasteiger partial charge in [-0.25, -0.2) is 0 Å². The normalized spacial score (nSPS) is 11.5. The SMILES string of the molecule is CC(C)(CCBr)CNC(=O)c1ccoc1Cl. The molecule has 1 amide bonds. The minimum Gasteiger partial charge on any atom is -0.452 e. The first kappa shape index (κ1) is 13.6. The highest BCUT2D eigenvalue weighted by atomic mass is 79.9. The first-order valence-electron chi connectivity index (χ1n) is 5.03. The van der Waals surface area contributed by atoms with E-state index in [-0.39, 0.29) is 16.5 Å². The standard InChI is InChI=1S/C11H15BrClNO2/c1-11(2,4-5-12)7-14-10(15)8-3-6-16-9(8)13/h3,6H,4-5,7H2,1-2H3,(H,14,15). The number of halogens is 2. The number of amides is 1. The zero-order valence-corrected chi connectivity index (χ0v) is 11.7. The number of nitrogens with one attached hydrogen (secondary N) is 1. The number of alkyl halides is 1. The number of hydrogen-bond donors (Lipinski definition) is 1. The third kappa shape index (κ3) is 3.83. The highest BCUT2D eigenvalue weighted by molar-refractivity contribution is 9.09. The Hall–Kier alpha value is -0.480. The molecule has 1 aromatic heterocycles. The lowest BCUT2D eigenvalue weighted by molar-refractivity contribution is 0.0935. The molecule has 0 radical (unpaired) electrons. The van der Waals surface area contributed by atoms with Crippen molar-refractivity contribution in [1.29, 1.82) is 0 Å². The van der Waals surface area contributed by atoms with Crippen LogP contribution in [-0.2, 0) is 0 Å². The second-order valence-electron chi connectivity index (χ2n) is 4.39. The molecule has 5 heteroatoms. The molecular weight excluding hydrogens is 293 g/mol. The van der Waals surface area contributed by atoms with Crippen LogP contribution in [0, 0.1) is 5.41 Å². The minimum atomic E-state index is -0.193. The Kier molecular flexibility index (Phi) is 4.87. The molecule has 0 atom stereocenters. The number of hydrogen-bond acceptors (Lipinski definition) is 2. The molecule has 1 N–H and O–H groups in total. The van der Waals surface area contributed by atoms with Gasteiger partial charge in [0.1, 0.15) is 0 Å². The average Bonchev–Trinajstić information content (AvgIpc) is 2.61. The summed E-state index contributed by atoms with van der Waals surface area (Å²) < 4.78 is 4.86. The lowest BCUT2D eigenvalue weighted by Gasteiger charge is -2.23. The van der Waals surface area contributed by atoms with E-state index < -0.39 is 0 Å². The van der Waals surface area contributed by atoms with Gasteiger partial charge in [-0.15, -0.1) is 0 Å². The van der Waals surface area contributed by atoms with Gasteiger partial charge < -0.3 is 9.73 Å². The first-order chi connectivity index (χ1) is 7.46. The zero-order chi connectivity index (χ0) is 12.2. The van der Waals surface area contributed by atoms with E-state index in [1.54, 1.807) is 6.07 Å². The lowest BCUT2D eigenvalue weighted by atomic mass is 9.90. The van der Waals surface area contributed by atoms with Crippen LogP contribution in [0.4, 0.5) is 0 Å². The van der Waals surface area contributed by atoms with Gasteiger partial charge in [-0.2, -0.15) is 0 Å². The summed E-state index contributed by atoms with van der Waals surface area (Å²) in [5.74, 6) is -0.193. The van der Waals surface area contributed by atoms with Gasteiger partial charge in [0.15, 0.2) is 0 Å². The van der Waals surface area contributed by atoms with Gasteiger partial charge in [-0.05, 0) is 29.5 Å². The predicted octanol–water partition coefficient (Wildman–Crippen LogP) is 3.47. The number of furan rings is 1. The van der Waals surface area contributed by atoms with Crippen molar-refractivity contribution in [2.45, 2.75) is 20.3 Å². The second-order valence-corrected chi connectivity index (χ2v) is 5.53. The minimum absolute atomic E-state index is 0.0649. The third-order valence-electron chi connectivity index (χ3n) is 2.36. The van der Waals surface area contributed by atoms with Crippen LogP contribution in [0.1, 0.15) is 30.6 Å². The Morgan fingerprint density at radius 3 is 2.81 bits per heavy atom. The van der Waals surface area contributed by atoms with Crippen LogP contribution < -0.4 is 5.32 Å². The van der Waals surface area contributed by atoms with E-state index >= 15 is 0 Å². The molecule has 90 valence electrons. The molecular formula is C11H15BrClNO2. The molecule has 0 aliphatic heterocycles. The fraction of sp³-hybridized carbons (Fsp3) is 0.545. The van der Waals surface area contributed by atoms with E-state index in [4.69, 9.17) is 16.0 Å². The largest absolute Gasteiger partial charge is 0.452 e. The lowest BCUT2D eigenvalue weighted by Crippen LogP contribution is -2.34. The molecule has 0 aliphatic carbocycles. The summed E-state index contributed by atoms with van der Waals surface area (Å²) in [4.78, 5) is 11.7. The number of carbonyl (C=O) groups is 1. The van der Waals surface area contributed by atoms with Gasteiger partial charge in [0, 0.05) is 11.9 Å². The first-order valence-corrected chi connectivity index (χ1v) is 6.53. The Balaban J connectivity index is 2.51. The Bertz CT molecular complexity index is 363. The highest BCUT2D eigenvalue weighted by Gasteiger charge is 2.20. The van der Waals surface area contributed by atoms with Crippen LogP contribution in [0.2, 0.25) is 5.22 Å². The number of carbonyl (C=O) groups excluding carboxylic acids is 1. The van der Waals surface area contributed by atoms with E-state index in [2.05, 4.69) is 35.1 Å². The molecule has 1 aromatic rings. The summed E-state index contributed by atoms with van der Waals surface area (Å²) in [6.07, 6.45) is 2.40. The van der Waals surface area contributed by atoms with Gasteiger partial charge in [-0.3, -0.25) is 4.79 Å². The van der Waals surface area contributed by atoms with Crippen molar-refractivity contribution in [3.05, 3.63) is 23.1 Å². The maximum absolute atomic E-state index is 11.7. The fourth-order valence-electron chi connectivity index (χ4n) is 1.21. The van der Waals surface area contributed by atoms with E-state index in [0.717, 1.165) is 11.8 Å². The maximum atomic E-state index is 11.7. The third-order valence-corrected chi connectivity index (χ3v) is 3.05. The van der Waals surface area contributed by atoms with Gasteiger partial charge in [-0.1, -0.05) is 29.8 Å². The molecule has 0 unspecified atom stereocenters. The molecule has 1 rings (SSSR count). The van der Waals surface area contributed by atoms with Gasteiger partial charge in [0.25, 0.3) is 5.91 Å². The molecule has 0 saturated carbocycles. The van der Waals surface area contributed by atoms with Gasteiger partial charge in [0.2, 0.25) is 5.22 Å². The smallest absolute Gasteiger partial charge is 0.256 e. The Labute approximate surface area is 109 Å². The van der Waals surface area contributed by atoms with Crippen molar-refractivity contribution in [1.82, 2.24) is 5.32 Å². The Morgan fingerprint density at radius 1 is 1.62 bits per heavy atom. The van der Waals surface area contributed by atoms with Crippen LogP contribution in [0.5, 0.6) is 0 Å². The monoisotopic (exact) mass is 307 g/mol. The fourth-order valence-corrected chi connectivity index (χ4v) is 2.49. The van der Waals surface area contributed by atoms with Crippen molar-refractivity contribution >= 4 is 33.4 Å². The van der Waals surface area contributed by atoms with E-state index in [0.29, 0.717) is 12.1 Å². The van der Waals surface area contributed by atoms with Crippen molar-refractivity contribution in [3.8, 4) is 0 Å². The quantitative estimate of drug-likeness (QED) is 0.846. The highest BCUT2D eigenvalue weighted by Crippen LogP contribution is 2.21. The molecule has 0 aromatic carbocycles. The van der Waals surface area contributed by atoms with Gasteiger partial charge >= 0.3 is 0 Å². The second kappa shape index (κ2) is 5.73. The molecule has 3 nitrogen and oxygen atoms in total. The molecule has 0 aliphatic rings. The van der Waals surface area contributed by atoms with Crippen molar-refractivity contribution < 1.29 is 9.21 Å². The molecule has 16 heavy (non-hydrogen) atoms. The van der Waals surface area contributed by atoms with Crippen LogP contribution in [0.25, 0.3) is 0 Å². The Morgan fingerprint density at radius 2 is 2.31 bits per heavy atom. The number of rotatable bonds is 5. The van der Waals surface area contributed by atoms with Crippen molar-refractivity contribution in [3.63, 3.8) is 0 Å². The van der Waals surface area contributed by atoms with E-state index in [9.17, 15) is 4.79 Å². The van der Waals surface area contributed by atoms with Crippen LogP contribution >= 0.6 is 27.5 Å². The molecule has 0 saturated heterocycles. The van der Waals surface area contributed by atoms with E-state index in [1.165, 1.54) is 6.26 Å². The summed E-state index contributed by atoms with van der Waals surface area (Å²) >= 11 is 9.10. The molecule has 0 spiro atoms. The predicted molar refractivity (Wildman–Crippen MR) is 68.2 cm³/mol. The van der Waals surface area contributed by atoms with Crippen molar-refractivity contribution in [2.75, 3.05) is 11.9 Å². The molecule has 0 bridgehead atoms. The molecule has 0 fully saturated rings. The summed E-state index contributed by atoms with van der Waals surface area (Å²) in [5.41, 5.74) is 0.450. The zero-order valence-electron chi connectivity index (χ0n) is 9.35. The van der Waals surface area contributed by atoms with Crippen LogP contribution in [0.15, 0.2) is 16.7 Å². The van der Waals surface area contributed by atoms with Crippen LogP contribution in [-0.4, -0.2) is 17.8 Å². The van der Waals surface area contributed by atoms with Gasteiger partial charge in [0.05, 0.1) is 11.8 Å². The summed E-state index contributed by atoms with van der Waals surface area (Å²) in [5, 5.41) is 3.90. The topological polar surface area (TPSA) is 42.2 Å². The molecule has 1 heterocycles. The van der Waals surface area contributed by atoms with E-state index in [1.807, 2.05) is 0 Å².